The minimum atomic E-state index is -4.25. The first kappa shape index (κ1) is 16.8. The van der Waals surface area contributed by atoms with Crippen molar-refractivity contribution in [2.45, 2.75) is 19.0 Å². The molecule has 8 heteroatoms. The lowest BCUT2D eigenvalue weighted by Gasteiger charge is -2.35. The Morgan fingerprint density at radius 3 is 2.58 bits per heavy atom. The minimum Gasteiger partial charge on any atom is -0.368 e. The molecule has 0 saturated carbocycles. The first-order chi connectivity index (χ1) is 11.4. The summed E-state index contributed by atoms with van der Waals surface area (Å²) in [6, 6.07) is 8.71. The molecule has 0 aliphatic carbocycles. The molecule has 24 heavy (non-hydrogen) atoms. The zero-order valence-corrected chi connectivity index (χ0v) is 13.4. The standard InChI is InChI=1S/C16H15ClF3N3O/c17-14-13(22-8-4-5-11(10-22)16(18,19)20)9-21-23(15(14)24)12-6-2-1-3-7-12/h1-3,6-7,9,11H,4-5,8,10H2/t11-/m1/s1. The van der Waals surface area contributed by atoms with E-state index in [2.05, 4.69) is 5.10 Å². The highest BCUT2D eigenvalue weighted by Crippen LogP contribution is 2.35. The third-order valence-corrected chi connectivity index (χ3v) is 4.48. The third-order valence-electron chi connectivity index (χ3n) is 4.13. The van der Waals surface area contributed by atoms with E-state index in [0.717, 1.165) is 4.68 Å². The second-order valence-corrected chi connectivity index (χ2v) is 6.10. The van der Waals surface area contributed by atoms with Gasteiger partial charge in [0.2, 0.25) is 0 Å². The molecule has 2 heterocycles. The van der Waals surface area contributed by atoms with E-state index in [4.69, 9.17) is 11.6 Å². The largest absolute Gasteiger partial charge is 0.393 e. The summed E-state index contributed by atoms with van der Waals surface area (Å²) in [4.78, 5) is 13.9. The van der Waals surface area contributed by atoms with Crippen molar-refractivity contribution >= 4 is 17.3 Å². The second kappa shape index (κ2) is 6.47. The summed E-state index contributed by atoms with van der Waals surface area (Å²) in [5.74, 6) is -1.42. The Balaban J connectivity index is 1.93. The van der Waals surface area contributed by atoms with Gasteiger partial charge in [0.05, 0.1) is 23.5 Å². The van der Waals surface area contributed by atoms with Crippen LogP contribution in [-0.2, 0) is 0 Å². The van der Waals surface area contributed by atoms with Crippen LogP contribution in [0.1, 0.15) is 12.8 Å². The van der Waals surface area contributed by atoms with Crippen molar-refractivity contribution in [1.82, 2.24) is 9.78 Å². The smallest absolute Gasteiger partial charge is 0.368 e. The predicted octanol–water partition coefficient (Wildman–Crippen LogP) is 3.66. The van der Waals surface area contributed by atoms with Crippen molar-refractivity contribution < 1.29 is 13.2 Å². The molecule has 2 aromatic rings. The molecule has 0 bridgehead atoms. The number of nitrogens with zero attached hydrogens (tertiary/aromatic N) is 3. The van der Waals surface area contributed by atoms with Gasteiger partial charge in [0.1, 0.15) is 5.02 Å². The lowest BCUT2D eigenvalue weighted by molar-refractivity contribution is -0.175. The first-order valence-electron chi connectivity index (χ1n) is 7.53. The van der Waals surface area contributed by atoms with Crippen LogP contribution in [0.4, 0.5) is 18.9 Å². The maximum absolute atomic E-state index is 13.0. The molecule has 3 rings (SSSR count). The summed E-state index contributed by atoms with van der Waals surface area (Å²) in [6.07, 6.45) is -2.42. The van der Waals surface area contributed by atoms with Gasteiger partial charge in [-0.2, -0.15) is 23.0 Å². The molecular weight excluding hydrogens is 343 g/mol. The maximum Gasteiger partial charge on any atom is 0.393 e. The lowest BCUT2D eigenvalue weighted by Crippen LogP contribution is -2.42. The number of hydrogen-bond acceptors (Lipinski definition) is 3. The summed E-state index contributed by atoms with van der Waals surface area (Å²) in [6.45, 7) is 0.211. The average molecular weight is 358 g/mol. The molecule has 1 aromatic heterocycles. The molecule has 1 aliphatic rings. The molecule has 1 fully saturated rings. The summed E-state index contributed by atoms with van der Waals surface area (Å²) >= 11 is 6.15. The fraction of sp³-hybridized carbons (Fsp3) is 0.375. The number of para-hydroxylation sites is 1. The molecule has 0 N–H and O–H groups in total. The molecule has 1 saturated heterocycles. The van der Waals surface area contributed by atoms with E-state index in [-0.39, 0.29) is 23.7 Å². The zero-order valence-electron chi connectivity index (χ0n) is 12.6. The van der Waals surface area contributed by atoms with Gasteiger partial charge in [0.25, 0.3) is 5.56 Å². The van der Waals surface area contributed by atoms with Gasteiger partial charge in [-0.15, -0.1) is 0 Å². The maximum atomic E-state index is 13.0. The highest BCUT2D eigenvalue weighted by Gasteiger charge is 2.42. The Morgan fingerprint density at radius 2 is 1.92 bits per heavy atom. The van der Waals surface area contributed by atoms with E-state index in [9.17, 15) is 18.0 Å². The van der Waals surface area contributed by atoms with Crippen molar-refractivity contribution in [3.05, 3.63) is 51.9 Å². The van der Waals surface area contributed by atoms with E-state index in [1.54, 1.807) is 30.3 Å². The molecule has 0 amide bonds. The summed E-state index contributed by atoms with van der Waals surface area (Å²) in [5, 5.41) is 3.95. The van der Waals surface area contributed by atoms with E-state index in [0.29, 0.717) is 18.7 Å². The second-order valence-electron chi connectivity index (χ2n) is 5.72. The average Bonchev–Trinajstić information content (AvgIpc) is 2.57. The number of alkyl halides is 3. The summed E-state index contributed by atoms with van der Waals surface area (Å²) < 4.78 is 40.0. The van der Waals surface area contributed by atoms with Crippen LogP contribution < -0.4 is 10.5 Å². The monoisotopic (exact) mass is 357 g/mol. The molecule has 0 radical (unpaired) electrons. The van der Waals surface area contributed by atoms with Crippen molar-refractivity contribution in [2.75, 3.05) is 18.0 Å². The van der Waals surface area contributed by atoms with Crippen molar-refractivity contribution in [3.63, 3.8) is 0 Å². The third kappa shape index (κ3) is 3.26. The van der Waals surface area contributed by atoms with Gasteiger partial charge in [-0.3, -0.25) is 4.79 Å². The van der Waals surface area contributed by atoms with Crippen LogP contribution >= 0.6 is 11.6 Å². The lowest BCUT2D eigenvalue weighted by atomic mass is 9.97. The van der Waals surface area contributed by atoms with Crippen molar-refractivity contribution in [1.29, 1.82) is 0 Å². The molecular formula is C16H15ClF3N3O. The number of halogens is 4. The van der Waals surface area contributed by atoms with Crippen LogP contribution in [0.5, 0.6) is 0 Å². The predicted molar refractivity (Wildman–Crippen MR) is 85.8 cm³/mol. The van der Waals surface area contributed by atoms with E-state index < -0.39 is 17.7 Å². The fourth-order valence-electron chi connectivity index (χ4n) is 2.86. The van der Waals surface area contributed by atoms with Crippen LogP contribution in [0.15, 0.2) is 41.3 Å². The Hall–Kier alpha value is -2.02. The Bertz CT molecular complexity index is 776. The van der Waals surface area contributed by atoms with Gasteiger partial charge in [0, 0.05) is 13.1 Å². The molecule has 4 nitrogen and oxygen atoms in total. The van der Waals surface area contributed by atoms with E-state index >= 15 is 0 Å². The first-order valence-corrected chi connectivity index (χ1v) is 7.90. The van der Waals surface area contributed by atoms with Crippen LogP contribution in [0.25, 0.3) is 5.69 Å². The van der Waals surface area contributed by atoms with Gasteiger partial charge >= 0.3 is 6.18 Å². The van der Waals surface area contributed by atoms with E-state index in [1.807, 2.05) is 0 Å². The van der Waals surface area contributed by atoms with Gasteiger partial charge in [0.15, 0.2) is 0 Å². The van der Waals surface area contributed by atoms with Gasteiger partial charge in [-0.1, -0.05) is 29.8 Å². The van der Waals surface area contributed by atoms with Crippen LogP contribution in [-0.4, -0.2) is 29.0 Å². The Kier molecular flexibility index (Phi) is 4.54. The number of piperidine rings is 1. The van der Waals surface area contributed by atoms with Gasteiger partial charge in [-0.05, 0) is 25.0 Å². The number of aromatic nitrogens is 2. The Morgan fingerprint density at radius 1 is 1.21 bits per heavy atom. The van der Waals surface area contributed by atoms with Crippen LogP contribution in [0, 0.1) is 5.92 Å². The summed E-state index contributed by atoms with van der Waals surface area (Å²) in [7, 11) is 0. The topological polar surface area (TPSA) is 38.1 Å². The van der Waals surface area contributed by atoms with E-state index in [1.165, 1.54) is 11.1 Å². The van der Waals surface area contributed by atoms with Gasteiger partial charge in [-0.25, -0.2) is 0 Å². The number of anilines is 1. The SMILES string of the molecule is O=c1c(Cl)c(N2CCC[C@@H](C(F)(F)F)C2)cnn1-c1ccccc1. The van der Waals surface area contributed by atoms with Gasteiger partial charge < -0.3 is 4.90 Å². The number of hydrogen-bond donors (Lipinski definition) is 0. The molecule has 128 valence electrons. The molecule has 0 spiro atoms. The number of rotatable bonds is 2. The van der Waals surface area contributed by atoms with Crippen LogP contribution in [0.3, 0.4) is 0 Å². The molecule has 1 atom stereocenters. The summed E-state index contributed by atoms with van der Waals surface area (Å²) in [5.41, 5.74) is 0.250. The normalized spacial score (nSPS) is 18.7. The van der Waals surface area contributed by atoms with Crippen molar-refractivity contribution in [3.8, 4) is 5.69 Å². The quantitative estimate of drug-likeness (QED) is 0.823. The molecule has 1 aromatic carbocycles. The van der Waals surface area contributed by atoms with Crippen molar-refractivity contribution in [2.24, 2.45) is 5.92 Å². The minimum absolute atomic E-state index is 0.0894. The van der Waals surface area contributed by atoms with Crippen LogP contribution in [0.2, 0.25) is 5.02 Å². The highest BCUT2D eigenvalue weighted by atomic mass is 35.5. The molecule has 0 unspecified atom stereocenters. The number of benzene rings is 1. The zero-order chi connectivity index (χ0) is 17.3. The Labute approximate surface area is 141 Å². The fourth-order valence-corrected chi connectivity index (χ4v) is 3.11. The highest BCUT2D eigenvalue weighted by molar-refractivity contribution is 6.33. The molecule has 1 aliphatic heterocycles.